The zero-order valence-electron chi connectivity index (χ0n) is 19.3. The predicted molar refractivity (Wildman–Crippen MR) is 136 cm³/mol. The molecule has 0 saturated carbocycles. The summed E-state index contributed by atoms with van der Waals surface area (Å²) in [5.74, 6) is 0.583. The average Bonchev–Trinajstić information content (AvgIpc) is 2.89. The van der Waals surface area contributed by atoms with Crippen LogP contribution in [0.3, 0.4) is 0 Å². The molecule has 176 valence electrons. The summed E-state index contributed by atoms with van der Waals surface area (Å²) >= 11 is 5.70. The van der Waals surface area contributed by atoms with Crippen LogP contribution >= 0.6 is 12.2 Å². The zero-order chi connectivity index (χ0) is 24.0. The molecule has 1 aliphatic heterocycles. The topological polar surface area (TPSA) is 41.6 Å². The number of piperidine rings is 1. The molecule has 1 heterocycles. The third-order valence-electron chi connectivity index (χ3n) is 6.61. The number of hydrogen-bond acceptors (Lipinski definition) is 3. The van der Waals surface area contributed by atoms with Crippen molar-refractivity contribution < 1.29 is 13.9 Å². The Bertz CT molecular complexity index is 1110. The van der Waals surface area contributed by atoms with Gasteiger partial charge in [-0.05, 0) is 53.8 Å². The number of nitrogens with zero attached hydrogens (tertiary/aromatic N) is 1. The van der Waals surface area contributed by atoms with Gasteiger partial charge in [-0.3, -0.25) is 4.79 Å². The van der Waals surface area contributed by atoms with Crippen molar-refractivity contribution in [3.8, 4) is 5.75 Å². The Balaban J connectivity index is 1.44. The number of likely N-dealkylation sites (tertiary alicyclic amines) is 1. The van der Waals surface area contributed by atoms with E-state index in [4.69, 9.17) is 17.0 Å². The number of hydrogen-bond donors (Lipinski definition) is 1. The van der Waals surface area contributed by atoms with Crippen LogP contribution in [0.5, 0.6) is 5.75 Å². The van der Waals surface area contributed by atoms with Crippen LogP contribution in [0, 0.1) is 5.82 Å². The number of ether oxygens (including phenoxy) is 1. The lowest BCUT2D eigenvalue weighted by atomic mass is 9.72. The quantitative estimate of drug-likeness (QED) is 0.485. The maximum absolute atomic E-state index is 13.6. The number of benzene rings is 3. The van der Waals surface area contributed by atoms with Crippen molar-refractivity contribution >= 4 is 23.1 Å². The lowest BCUT2D eigenvalue weighted by molar-refractivity contribution is -0.128. The van der Waals surface area contributed by atoms with E-state index in [1.54, 1.807) is 19.2 Å². The highest BCUT2D eigenvalue weighted by atomic mass is 32.1. The second-order valence-corrected chi connectivity index (χ2v) is 9.13. The minimum atomic E-state index is -0.601. The van der Waals surface area contributed by atoms with Crippen molar-refractivity contribution in [1.82, 2.24) is 10.2 Å². The molecule has 34 heavy (non-hydrogen) atoms. The molecule has 4 nitrogen and oxygen atoms in total. The van der Waals surface area contributed by atoms with Crippen molar-refractivity contribution in [1.29, 1.82) is 0 Å². The Hall–Kier alpha value is -3.25. The monoisotopic (exact) mass is 476 g/mol. The van der Waals surface area contributed by atoms with Gasteiger partial charge in [0.2, 0.25) is 5.91 Å². The molecule has 3 aromatic rings. The second-order valence-electron chi connectivity index (χ2n) is 8.66. The first-order chi connectivity index (χ1) is 16.5. The summed E-state index contributed by atoms with van der Waals surface area (Å²) in [6, 6.07) is 24.2. The molecule has 0 atom stereocenters. The molecule has 0 bridgehead atoms. The molecule has 1 aliphatic rings. The van der Waals surface area contributed by atoms with Gasteiger partial charge in [0.25, 0.3) is 0 Å². The molecule has 1 amide bonds. The van der Waals surface area contributed by atoms with Crippen molar-refractivity contribution in [2.24, 2.45) is 0 Å². The Kier molecular flexibility index (Phi) is 7.58. The van der Waals surface area contributed by atoms with Crippen LogP contribution in [0.1, 0.15) is 29.5 Å². The smallest absolute Gasteiger partial charge is 0.231 e. The summed E-state index contributed by atoms with van der Waals surface area (Å²) in [5.41, 5.74) is 2.44. The minimum absolute atomic E-state index is 0.0404. The molecular weight excluding hydrogens is 447 g/mol. The summed E-state index contributed by atoms with van der Waals surface area (Å²) < 4.78 is 18.4. The zero-order valence-corrected chi connectivity index (χ0v) is 20.1. The normalized spacial score (nSPS) is 14.9. The van der Waals surface area contributed by atoms with Crippen molar-refractivity contribution in [2.45, 2.75) is 31.2 Å². The summed E-state index contributed by atoms with van der Waals surface area (Å²) in [6.45, 7) is 1.86. The van der Waals surface area contributed by atoms with Gasteiger partial charge in [-0.25, -0.2) is 4.39 Å². The first-order valence-electron chi connectivity index (χ1n) is 11.5. The average molecular weight is 477 g/mol. The van der Waals surface area contributed by atoms with Crippen molar-refractivity contribution in [3.05, 3.63) is 101 Å². The second kappa shape index (κ2) is 10.8. The molecule has 1 saturated heterocycles. The number of carbonyl (C=O) groups excluding carboxylic acids is 1. The van der Waals surface area contributed by atoms with Gasteiger partial charge in [0.05, 0.1) is 17.5 Å². The molecule has 6 heteroatoms. The molecule has 0 aliphatic carbocycles. The van der Waals surface area contributed by atoms with Crippen LogP contribution in [0.2, 0.25) is 0 Å². The fourth-order valence-electron chi connectivity index (χ4n) is 4.53. The van der Waals surface area contributed by atoms with Crippen molar-refractivity contribution in [3.63, 3.8) is 0 Å². The maximum atomic E-state index is 13.6. The maximum Gasteiger partial charge on any atom is 0.231 e. The fraction of sp³-hybridized carbons (Fsp3) is 0.286. The molecule has 0 radical (unpaired) electrons. The first-order valence-corrected chi connectivity index (χ1v) is 11.9. The fourth-order valence-corrected chi connectivity index (χ4v) is 4.87. The lowest BCUT2D eigenvalue weighted by Gasteiger charge is -2.42. The summed E-state index contributed by atoms with van der Waals surface area (Å²) in [5, 5.41) is 3.17. The van der Waals surface area contributed by atoms with E-state index in [0.717, 1.165) is 27.4 Å². The van der Waals surface area contributed by atoms with Gasteiger partial charge in [0.15, 0.2) is 0 Å². The number of nitrogens with one attached hydrogen (secondary N) is 1. The highest BCUT2D eigenvalue weighted by Gasteiger charge is 2.43. The molecular formula is C28H29FN2O2S. The van der Waals surface area contributed by atoms with Crippen LogP contribution in [0.15, 0.2) is 78.9 Å². The number of methoxy groups -OCH3 is 1. The Labute approximate surface area is 205 Å². The van der Waals surface area contributed by atoms with Crippen LogP contribution < -0.4 is 10.1 Å². The lowest BCUT2D eigenvalue weighted by Crippen LogP contribution is -2.52. The Morgan fingerprint density at radius 2 is 1.59 bits per heavy atom. The molecule has 1 fully saturated rings. The van der Waals surface area contributed by atoms with Crippen LogP contribution in [0.4, 0.5) is 4.39 Å². The van der Waals surface area contributed by atoms with Crippen LogP contribution in [0.25, 0.3) is 0 Å². The van der Waals surface area contributed by atoms with Crippen LogP contribution in [-0.4, -0.2) is 36.0 Å². The Morgan fingerprint density at radius 3 is 2.21 bits per heavy atom. The standard InChI is InChI=1S/C28H29FN2O2S/c1-33-25-13-9-22(10-14-25)20-30-27(32)28(23-5-3-2-4-6-23)15-17-31(18-16-28)26(34)19-21-7-11-24(29)12-8-21/h2-14H,15-20H2,1H3,(H,30,32). The first kappa shape index (κ1) is 23.9. The number of carbonyl (C=O) groups is 1. The summed E-state index contributed by atoms with van der Waals surface area (Å²) in [6.07, 6.45) is 1.95. The van der Waals surface area contributed by atoms with E-state index in [2.05, 4.69) is 10.2 Å². The largest absolute Gasteiger partial charge is 0.497 e. The molecule has 4 rings (SSSR count). The van der Waals surface area contributed by atoms with E-state index in [9.17, 15) is 9.18 Å². The van der Waals surface area contributed by atoms with Gasteiger partial charge in [-0.2, -0.15) is 0 Å². The van der Waals surface area contributed by atoms with E-state index in [1.807, 2.05) is 54.6 Å². The molecule has 0 unspecified atom stereocenters. The molecule has 0 spiro atoms. The van der Waals surface area contributed by atoms with E-state index in [0.29, 0.717) is 38.9 Å². The number of amides is 1. The van der Waals surface area contributed by atoms with Gasteiger partial charge < -0.3 is 15.0 Å². The summed E-state index contributed by atoms with van der Waals surface area (Å²) in [7, 11) is 1.64. The Morgan fingerprint density at radius 1 is 0.971 bits per heavy atom. The van der Waals surface area contributed by atoms with Gasteiger partial charge in [0, 0.05) is 26.1 Å². The summed E-state index contributed by atoms with van der Waals surface area (Å²) in [4.78, 5) is 16.6. The van der Waals surface area contributed by atoms with Gasteiger partial charge in [-0.15, -0.1) is 0 Å². The molecule has 1 N–H and O–H groups in total. The van der Waals surface area contributed by atoms with Gasteiger partial charge in [-0.1, -0.05) is 66.8 Å². The SMILES string of the molecule is COc1ccc(CNC(=O)C2(c3ccccc3)CCN(C(=S)Cc3ccc(F)cc3)CC2)cc1. The number of rotatable bonds is 7. The van der Waals surface area contributed by atoms with Crippen molar-refractivity contribution in [2.75, 3.05) is 20.2 Å². The van der Waals surface area contributed by atoms with E-state index in [-0.39, 0.29) is 11.7 Å². The van der Waals surface area contributed by atoms with Gasteiger partial charge >= 0.3 is 0 Å². The van der Waals surface area contributed by atoms with E-state index >= 15 is 0 Å². The highest BCUT2D eigenvalue weighted by Crippen LogP contribution is 2.36. The molecule has 3 aromatic carbocycles. The van der Waals surface area contributed by atoms with Gasteiger partial charge in [0.1, 0.15) is 11.6 Å². The third-order valence-corrected chi connectivity index (χ3v) is 7.01. The van der Waals surface area contributed by atoms with E-state index in [1.165, 1.54) is 12.1 Å². The highest BCUT2D eigenvalue weighted by molar-refractivity contribution is 7.80. The van der Waals surface area contributed by atoms with Crippen LogP contribution in [-0.2, 0) is 23.2 Å². The number of halogens is 1. The minimum Gasteiger partial charge on any atom is -0.497 e. The third kappa shape index (κ3) is 5.45. The van der Waals surface area contributed by atoms with E-state index < -0.39 is 5.41 Å². The molecule has 0 aromatic heterocycles. The predicted octanol–water partition coefficient (Wildman–Crippen LogP) is 5.05. The number of thiocarbonyl (C=S) groups is 1.